The smallest absolute Gasteiger partial charge is 0.0619 e. The first-order valence-electron chi connectivity index (χ1n) is 6.38. The van der Waals surface area contributed by atoms with Gasteiger partial charge >= 0.3 is 0 Å². The average Bonchev–Trinajstić information content (AvgIpc) is 2.34. The average molecular weight is 234 g/mol. The number of rotatable bonds is 4. The van der Waals surface area contributed by atoms with Gasteiger partial charge in [-0.15, -0.1) is 0 Å². The van der Waals surface area contributed by atoms with E-state index in [-0.39, 0.29) is 0 Å². The molecule has 17 heavy (non-hydrogen) atoms. The molecule has 2 rings (SSSR count). The van der Waals surface area contributed by atoms with Crippen LogP contribution in [0.15, 0.2) is 24.3 Å². The predicted octanol–water partition coefficient (Wildman–Crippen LogP) is 2.13. The lowest BCUT2D eigenvalue weighted by Gasteiger charge is -2.33. The molecule has 3 nitrogen and oxygen atoms in total. The molecule has 0 spiro atoms. The van der Waals surface area contributed by atoms with Gasteiger partial charge in [-0.1, -0.05) is 17.7 Å². The number of morpholine rings is 1. The van der Waals surface area contributed by atoms with Gasteiger partial charge in [0.15, 0.2) is 0 Å². The monoisotopic (exact) mass is 234 g/mol. The van der Waals surface area contributed by atoms with Gasteiger partial charge in [0.2, 0.25) is 0 Å². The minimum absolute atomic E-state index is 0.545. The van der Waals surface area contributed by atoms with Crippen molar-refractivity contribution in [3.05, 3.63) is 29.8 Å². The Bertz CT molecular complexity index is 337. The van der Waals surface area contributed by atoms with Crippen molar-refractivity contribution in [2.45, 2.75) is 19.9 Å². The van der Waals surface area contributed by atoms with E-state index >= 15 is 0 Å². The van der Waals surface area contributed by atoms with Crippen LogP contribution in [0.2, 0.25) is 0 Å². The van der Waals surface area contributed by atoms with Crippen molar-refractivity contribution in [2.24, 2.45) is 0 Å². The highest BCUT2D eigenvalue weighted by Gasteiger charge is 2.17. The molecule has 1 fully saturated rings. The molecule has 0 saturated carbocycles. The number of nitrogens with one attached hydrogen (secondary N) is 1. The van der Waals surface area contributed by atoms with Crippen LogP contribution < -0.4 is 5.32 Å². The van der Waals surface area contributed by atoms with Crippen molar-refractivity contribution >= 4 is 5.69 Å². The van der Waals surface area contributed by atoms with Crippen LogP contribution in [0, 0.1) is 6.92 Å². The van der Waals surface area contributed by atoms with Crippen LogP contribution in [0.5, 0.6) is 0 Å². The van der Waals surface area contributed by atoms with Gasteiger partial charge in [0.1, 0.15) is 0 Å². The topological polar surface area (TPSA) is 24.5 Å². The molecule has 0 radical (unpaired) electrons. The standard InChI is InChI=1S/C14H22N2O/c1-12-3-5-14(6-4-12)15-7-8-16-9-10-17-11-13(16)2/h3-6,13,15H,7-11H2,1-2H3. The van der Waals surface area contributed by atoms with E-state index in [2.05, 4.69) is 48.3 Å². The number of nitrogens with zero attached hydrogens (tertiary/aromatic N) is 1. The van der Waals surface area contributed by atoms with Gasteiger partial charge in [-0.3, -0.25) is 4.90 Å². The van der Waals surface area contributed by atoms with Crippen molar-refractivity contribution < 1.29 is 4.74 Å². The van der Waals surface area contributed by atoms with Gasteiger partial charge in [-0.2, -0.15) is 0 Å². The molecule has 1 aromatic carbocycles. The van der Waals surface area contributed by atoms with E-state index in [1.54, 1.807) is 0 Å². The molecule has 0 aliphatic carbocycles. The van der Waals surface area contributed by atoms with Crippen LogP contribution in [0.1, 0.15) is 12.5 Å². The van der Waals surface area contributed by atoms with Crippen LogP contribution in [-0.4, -0.2) is 43.8 Å². The second kappa shape index (κ2) is 6.03. The van der Waals surface area contributed by atoms with E-state index in [0.717, 1.165) is 32.8 Å². The van der Waals surface area contributed by atoms with Gasteiger partial charge in [0.25, 0.3) is 0 Å². The lowest BCUT2D eigenvalue weighted by atomic mass is 10.2. The van der Waals surface area contributed by atoms with E-state index < -0.39 is 0 Å². The van der Waals surface area contributed by atoms with Gasteiger partial charge in [-0.25, -0.2) is 0 Å². The Hall–Kier alpha value is -1.06. The summed E-state index contributed by atoms with van der Waals surface area (Å²) in [4.78, 5) is 2.48. The summed E-state index contributed by atoms with van der Waals surface area (Å²) >= 11 is 0. The second-order valence-electron chi connectivity index (χ2n) is 4.75. The number of benzene rings is 1. The fourth-order valence-corrected chi connectivity index (χ4v) is 2.11. The Labute approximate surface area is 104 Å². The number of aryl methyl sites for hydroxylation is 1. The molecule has 1 saturated heterocycles. The van der Waals surface area contributed by atoms with Gasteiger partial charge in [0, 0.05) is 31.4 Å². The fourth-order valence-electron chi connectivity index (χ4n) is 2.11. The SMILES string of the molecule is Cc1ccc(NCCN2CCOCC2C)cc1. The maximum Gasteiger partial charge on any atom is 0.0619 e. The zero-order chi connectivity index (χ0) is 12.1. The predicted molar refractivity (Wildman–Crippen MR) is 71.5 cm³/mol. The van der Waals surface area contributed by atoms with Crippen LogP contribution in [0.3, 0.4) is 0 Å². The Kier molecular flexibility index (Phi) is 4.40. The summed E-state index contributed by atoms with van der Waals surface area (Å²) in [6.07, 6.45) is 0. The molecule has 1 aliphatic heterocycles. The second-order valence-corrected chi connectivity index (χ2v) is 4.75. The third-order valence-electron chi connectivity index (χ3n) is 3.28. The highest BCUT2D eigenvalue weighted by Crippen LogP contribution is 2.09. The molecular weight excluding hydrogens is 212 g/mol. The molecule has 0 aromatic heterocycles. The summed E-state index contributed by atoms with van der Waals surface area (Å²) in [7, 11) is 0. The molecule has 3 heteroatoms. The molecule has 1 N–H and O–H groups in total. The minimum atomic E-state index is 0.545. The number of ether oxygens (including phenoxy) is 1. The molecule has 94 valence electrons. The molecule has 1 aromatic rings. The van der Waals surface area contributed by atoms with E-state index in [1.807, 2.05) is 0 Å². The quantitative estimate of drug-likeness (QED) is 0.863. The van der Waals surface area contributed by atoms with Gasteiger partial charge < -0.3 is 10.1 Å². The molecule has 1 aliphatic rings. The van der Waals surface area contributed by atoms with Gasteiger partial charge in [-0.05, 0) is 26.0 Å². The van der Waals surface area contributed by atoms with Crippen molar-refractivity contribution in [1.82, 2.24) is 4.90 Å². The van der Waals surface area contributed by atoms with E-state index in [4.69, 9.17) is 4.74 Å². The first-order chi connectivity index (χ1) is 8.25. The Morgan fingerprint density at radius 3 is 2.82 bits per heavy atom. The normalized spacial score (nSPS) is 21.4. The molecule has 1 heterocycles. The summed E-state index contributed by atoms with van der Waals surface area (Å²) in [5, 5.41) is 3.46. The minimum Gasteiger partial charge on any atom is -0.384 e. The van der Waals surface area contributed by atoms with Crippen LogP contribution >= 0.6 is 0 Å². The first-order valence-corrected chi connectivity index (χ1v) is 6.38. The van der Waals surface area contributed by atoms with Crippen molar-refractivity contribution in [3.63, 3.8) is 0 Å². The maximum atomic E-state index is 5.43. The van der Waals surface area contributed by atoms with E-state index in [0.29, 0.717) is 6.04 Å². The van der Waals surface area contributed by atoms with Crippen LogP contribution in [-0.2, 0) is 4.74 Å². The van der Waals surface area contributed by atoms with Crippen molar-refractivity contribution in [2.75, 3.05) is 38.2 Å². The highest BCUT2D eigenvalue weighted by atomic mass is 16.5. The lowest BCUT2D eigenvalue weighted by Crippen LogP contribution is -2.45. The molecule has 0 bridgehead atoms. The number of anilines is 1. The molecule has 1 unspecified atom stereocenters. The van der Waals surface area contributed by atoms with Crippen molar-refractivity contribution in [1.29, 1.82) is 0 Å². The summed E-state index contributed by atoms with van der Waals surface area (Å²) in [5.74, 6) is 0. The molecule has 1 atom stereocenters. The summed E-state index contributed by atoms with van der Waals surface area (Å²) in [6.45, 7) is 9.20. The largest absolute Gasteiger partial charge is 0.384 e. The summed E-state index contributed by atoms with van der Waals surface area (Å²) < 4.78 is 5.43. The Morgan fingerprint density at radius 1 is 1.35 bits per heavy atom. The summed E-state index contributed by atoms with van der Waals surface area (Å²) in [5.41, 5.74) is 2.51. The van der Waals surface area contributed by atoms with Crippen molar-refractivity contribution in [3.8, 4) is 0 Å². The Balaban J connectivity index is 1.73. The van der Waals surface area contributed by atoms with E-state index in [9.17, 15) is 0 Å². The van der Waals surface area contributed by atoms with Crippen LogP contribution in [0.25, 0.3) is 0 Å². The highest BCUT2D eigenvalue weighted by molar-refractivity contribution is 5.44. The zero-order valence-corrected chi connectivity index (χ0v) is 10.8. The zero-order valence-electron chi connectivity index (χ0n) is 10.8. The third kappa shape index (κ3) is 3.72. The maximum absolute atomic E-state index is 5.43. The fraction of sp³-hybridized carbons (Fsp3) is 0.571. The van der Waals surface area contributed by atoms with E-state index in [1.165, 1.54) is 11.3 Å². The Morgan fingerprint density at radius 2 is 2.12 bits per heavy atom. The molecule has 0 amide bonds. The number of hydrogen-bond acceptors (Lipinski definition) is 3. The lowest BCUT2D eigenvalue weighted by molar-refractivity contribution is 0.00181. The van der Waals surface area contributed by atoms with Crippen LogP contribution in [0.4, 0.5) is 5.69 Å². The summed E-state index contributed by atoms with van der Waals surface area (Å²) in [6, 6.07) is 9.10. The first kappa shape index (κ1) is 12.4. The number of hydrogen-bond donors (Lipinski definition) is 1. The molecular formula is C14H22N2O. The van der Waals surface area contributed by atoms with Gasteiger partial charge in [0.05, 0.1) is 13.2 Å². The third-order valence-corrected chi connectivity index (χ3v) is 3.28.